The highest BCUT2D eigenvalue weighted by molar-refractivity contribution is 7.80. The number of benzene rings is 2. The number of nitrogens with one attached hydrogen (secondary N) is 3. The Morgan fingerprint density at radius 2 is 1.65 bits per heavy atom. The minimum Gasteiger partial charge on any atom is -0.494 e. The van der Waals surface area contributed by atoms with Crippen molar-refractivity contribution in [2.75, 3.05) is 11.9 Å². The first-order valence-corrected chi connectivity index (χ1v) is 8.71. The summed E-state index contributed by atoms with van der Waals surface area (Å²) in [6, 6.07) is 14.8. The molecule has 0 aliphatic heterocycles. The van der Waals surface area contributed by atoms with Crippen molar-refractivity contribution in [2.45, 2.75) is 26.9 Å². The zero-order valence-electron chi connectivity index (χ0n) is 15.0. The zero-order chi connectivity index (χ0) is 18.9. The van der Waals surface area contributed by atoms with E-state index in [-0.39, 0.29) is 11.0 Å². The predicted molar refractivity (Wildman–Crippen MR) is 106 cm³/mol. The maximum absolute atomic E-state index is 12.1. The highest BCUT2D eigenvalue weighted by Gasteiger charge is 2.14. The van der Waals surface area contributed by atoms with E-state index in [0.29, 0.717) is 12.4 Å². The fourth-order valence-corrected chi connectivity index (χ4v) is 2.23. The van der Waals surface area contributed by atoms with Gasteiger partial charge in [0.05, 0.1) is 6.61 Å². The molecule has 0 saturated heterocycles. The molecule has 0 bridgehead atoms. The molecule has 1 amide bonds. The Kier molecular flexibility index (Phi) is 7.23. The Morgan fingerprint density at radius 1 is 1.04 bits per heavy atom. The van der Waals surface area contributed by atoms with Crippen LogP contribution in [0.1, 0.15) is 19.4 Å². The van der Waals surface area contributed by atoms with Gasteiger partial charge < -0.3 is 14.8 Å². The second kappa shape index (κ2) is 9.62. The number of amides is 1. The van der Waals surface area contributed by atoms with E-state index in [9.17, 15) is 4.79 Å². The number of carbonyl (C=O) groups is 1. The Hall–Kier alpha value is -2.80. The first-order valence-electron chi connectivity index (χ1n) is 8.31. The van der Waals surface area contributed by atoms with Crippen LogP contribution < -0.4 is 25.6 Å². The number of ether oxygens (including phenoxy) is 2. The molecule has 0 aliphatic rings. The van der Waals surface area contributed by atoms with Gasteiger partial charge in [0, 0.05) is 5.69 Å². The van der Waals surface area contributed by atoms with Gasteiger partial charge in [0.2, 0.25) is 0 Å². The summed E-state index contributed by atoms with van der Waals surface area (Å²) in [5.41, 5.74) is 7.17. The maximum atomic E-state index is 12.1. The third-order valence-electron chi connectivity index (χ3n) is 3.43. The average Bonchev–Trinajstić information content (AvgIpc) is 2.63. The molecule has 0 unspecified atom stereocenters. The number of thiocarbonyl (C=S) groups is 1. The summed E-state index contributed by atoms with van der Waals surface area (Å²) in [5, 5.41) is 3.27. The van der Waals surface area contributed by atoms with Crippen LogP contribution in [0.3, 0.4) is 0 Å². The number of hydrazine groups is 1. The Labute approximate surface area is 158 Å². The third kappa shape index (κ3) is 6.25. The minimum atomic E-state index is -0.692. The molecule has 26 heavy (non-hydrogen) atoms. The monoisotopic (exact) mass is 373 g/mol. The smallest absolute Gasteiger partial charge is 0.279 e. The van der Waals surface area contributed by atoms with Crippen molar-refractivity contribution >= 4 is 28.9 Å². The molecule has 138 valence electrons. The standard InChI is InChI=1S/C19H23N3O3S/c1-4-24-16-9-11-17(12-10-16)25-14(3)18(23)21-22-19(26)20-15-7-5-13(2)6-8-15/h5-12,14H,4H2,1-3H3,(H,21,23)(H2,20,22,26)/t14-/m0/s1. The van der Waals surface area contributed by atoms with Crippen LogP contribution in [0.5, 0.6) is 11.5 Å². The average molecular weight is 373 g/mol. The van der Waals surface area contributed by atoms with E-state index in [0.717, 1.165) is 17.0 Å². The van der Waals surface area contributed by atoms with E-state index in [1.807, 2.05) is 38.1 Å². The normalized spacial score (nSPS) is 11.2. The second-order valence-corrected chi connectivity index (χ2v) is 6.01. The molecule has 0 aromatic heterocycles. The number of aryl methyl sites for hydroxylation is 1. The molecule has 2 aromatic rings. The van der Waals surface area contributed by atoms with Crippen LogP contribution in [0, 0.1) is 6.92 Å². The Balaban J connectivity index is 1.77. The van der Waals surface area contributed by atoms with E-state index in [1.54, 1.807) is 31.2 Å². The molecule has 6 nitrogen and oxygen atoms in total. The number of anilines is 1. The summed E-state index contributed by atoms with van der Waals surface area (Å²) < 4.78 is 11.0. The molecule has 1 atom stereocenters. The van der Waals surface area contributed by atoms with Gasteiger partial charge in [0.25, 0.3) is 5.91 Å². The van der Waals surface area contributed by atoms with Gasteiger partial charge >= 0.3 is 0 Å². The van der Waals surface area contributed by atoms with Crippen LogP contribution in [-0.4, -0.2) is 23.7 Å². The lowest BCUT2D eigenvalue weighted by Crippen LogP contribution is -2.48. The molecule has 2 rings (SSSR count). The van der Waals surface area contributed by atoms with Crippen LogP contribution in [0.25, 0.3) is 0 Å². The zero-order valence-corrected chi connectivity index (χ0v) is 15.9. The first kappa shape index (κ1) is 19.5. The quantitative estimate of drug-likeness (QED) is 0.534. The summed E-state index contributed by atoms with van der Waals surface area (Å²) in [5.74, 6) is 0.995. The van der Waals surface area contributed by atoms with Crippen molar-refractivity contribution in [3.63, 3.8) is 0 Å². The molecule has 0 aliphatic carbocycles. The maximum Gasteiger partial charge on any atom is 0.279 e. The van der Waals surface area contributed by atoms with E-state index in [4.69, 9.17) is 21.7 Å². The topological polar surface area (TPSA) is 71.6 Å². The van der Waals surface area contributed by atoms with Crippen molar-refractivity contribution in [1.29, 1.82) is 0 Å². The van der Waals surface area contributed by atoms with Crippen LogP contribution in [0.4, 0.5) is 5.69 Å². The number of hydrogen-bond acceptors (Lipinski definition) is 4. The fourth-order valence-electron chi connectivity index (χ4n) is 2.06. The predicted octanol–water partition coefficient (Wildman–Crippen LogP) is 3.18. The fraction of sp³-hybridized carbons (Fsp3) is 0.263. The first-order chi connectivity index (χ1) is 12.5. The van der Waals surface area contributed by atoms with Gasteiger partial charge in [-0.15, -0.1) is 0 Å². The Bertz CT molecular complexity index is 733. The molecular weight excluding hydrogens is 350 g/mol. The van der Waals surface area contributed by atoms with Crippen molar-refractivity contribution in [3.8, 4) is 11.5 Å². The molecule has 0 heterocycles. The van der Waals surface area contributed by atoms with E-state index in [1.165, 1.54) is 0 Å². The highest BCUT2D eigenvalue weighted by Crippen LogP contribution is 2.18. The van der Waals surface area contributed by atoms with Crippen LogP contribution >= 0.6 is 12.2 Å². The third-order valence-corrected chi connectivity index (χ3v) is 3.63. The van der Waals surface area contributed by atoms with E-state index in [2.05, 4.69) is 16.2 Å². The minimum absolute atomic E-state index is 0.287. The summed E-state index contributed by atoms with van der Waals surface area (Å²) in [6.45, 7) is 6.18. The van der Waals surface area contributed by atoms with Gasteiger partial charge in [-0.2, -0.15) is 0 Å². The van der Waals surface area contributed by atoms with Crippen molar-refractivity contribution in [1.82, 2.24) is 10.9 Å². The largest absolute Gasteiger partial charge is 0.494 e. The van der Waals surface area contributed by atoms with Crippen LogP contribution in [0.15, 0.2) is 48.5 Å². The van der Waals surface area contributed by atoms with E-state index < -0.39 is 6.10 Å². The molecule has 0 spiro atoms. The van der Waals surface area contributed by atoms with Gasteiger partial charge in [0.1, 0.15) is 11.5 Å². The molecule has 3 N–H and O–H groups in total. The lowest BCUT2D eigenvalue weighted by molar-refractivity contribution is -0.127. The highest BCUT2D eigenvalue weighted by atomic mass is 32.1. The molecule has 7 heteroatoms. The molecule has 0 saturated carbocycles. The molecule has 0 fully saturated rings. The van der Waals surface area contributed by atoms with E-state index >= 15 is 0 Å². The van der Waals surface area contributed by atoms with Gasteiger partial charge in [-0.3, -0.25) is 15.6 Å². The van der Waals surface area contributed by atoms with Gasteiger partial charge in [0.15, 0.2) is 11.2 Å². The van der Waals surface area contributed by atoms with Gasteiger partial charge in [-0.05, 0) is 69.4 Å². The summed E-state index contributed by atoms with van der Waals surface area (Å²) >= 11 is 5.15. The van der Waals surface area contributed by atoms with Crippen molar-refractivity contribution in [3.05, 3.63) is 54.1 Å². The van der Waals surface area contributed by atoms with Crippen LogP contribution in [0.2, 0.25) is 0 Å². The SMILES string of the molecule is CCOc1ccc(O[C@@H](C)C(=O)NNC(=S)Nc2ccc(C)cc2)cc1. The summed E-state index contributed by atoms with van der Waals surface area (Å²) in [7, 11) is 0. The summed E-state index contributed by atoms with van der Waals surface area (Å²) in [6.07, 6.45) is -0.692. The van der Waals surface area contributed by atoms with Gasteiger partial charge in [-0.1, -0.05) is 17.7 Å². The number of rotatable bonds is 6. The van der Waals surface area contributed by atoms with Crippen molar-refractivity contribution in [2.24, 2.45) is 0 Å². The molecular formula is C19H23N3O3S. The lowest BCUT2D eigenvalue weighted by atomic mass is 10.2. The van der Waals surface area contributed by atoms with Crippen LogP contribution in [-0.2, 0) is 4.79 Å². The molecule has 2 aromatic carbocycles. The second-order valence-electron chi connectivity index (χ2n) is 5.60. The molecule has 0 radical (unpaired) electrons. The van der Waals surface area contributed by atoms with Gasteiger partial charge in [-0.25, -0.2) is 0 Å². The Morgan fingerprint density at radius 3 is 2.27 bits per heavy atom. The number of hydrogen-bond donors (Lipinski definition) is 3. The summed E-state index contributed by atoms with van der Waals surface area (Å²) in [4.78, 5) is 12.1. The lowest BCUT2D eigenvalue weighted by Gasteiger charge is -2.16. The van der Waals surface area contributed by atoms with Crippen molar-refractivity contribution < 1.29 is 14.3 Å². The number of carbonyl (C=O) groups excluding carboxylic acids is 1.